The Labute approximate surface area is 232 Å². The highest BCUT2D eigenvalue weighted by Gasteiger charge is 2.20. The molecule has 0 bridgehead atoms. The van der Waals surface area contributed by atoms with Gasteiger partial charge in [-0.2, -0.15) is 0 Å². The molecule has 2 nitrogen and oxygen atoms in total. The van der Waals surface area contributed by atoms with Crippen LogP contribution in [0.2, 0.25) is 0 Å². The number of hydrogen-bond donors (Lipinski definition) is 2. The molecule has 0 spiro atoms. The van der Waals surface area contributed by atoms with Gasteiger partial charge in [-0.1, -0.05) is 127 Å². The van der Waals surface area contributed by atoms with Gasteiger partial charge >= 0.3 is 0 Å². The van der Waals surface area contributed by atoms with E-state index in [2.05, 4.69) is 156 Å². The molecule has 8 rings (SSSR count). The van der Waals surface area contributed by atoms with Crippen LogP contribution in [0.25, 0.3) is 65.6 Å². The second-order valence-corrected chi connectivity index (χ2v) is 10.3. The largest absolute Gasteiger partial charge is 0.355 e. The molecule has 0 aliphatic carbocycles. The van der Waals surface area contributed by atoms with E-state index in [1.165, 1.54) is 54.6 Å². The average molecular weight is 511 g/mol. The molecule has 0 unspecified atom stereocenters. The van der Waals surface area contributed by atoms with Crippen LogP contribution in [0.15, 0.2) is 146 Å². The van der Waals surface area contributed by atoms with Crippen molar-refractivity contribution in [2.75, 3.05) is 5.32 Å². The molecule has 0 saturated carbocycles. The lowest BCUT2D eigenvalue weighted by Gasteiger charge is -2.20. The minimum Gasteiger partial charge on any atom is -0.355 e. The first-order valence-corrected chi connectivity index (χ1v) is 13.7. The third kappa shape index (κ3) is 3.58. The Balaban J connectivity index is 1.51. The summed E-state index contributed by atoms with van der Waals surface area (Å²) in [6, 6.07) is 52.0. The summed E-state index contributed by atoms with van der Waals surface area (Å²) in [4.78, 5) is 3.80. The standard InChI is InChI=1S/C38H26N2/c1-3-11-25(12-4-1)29-21-23-33-31-17-9-10-18-35(31)40-38(33)36(29)34-24-22-30-28-16-8-7-13-26(28)19-20-32(30)37(34)39-27-14-5-2-6-15-27/h1-24,39-40H. The molecule has 1 aromatic heterocycles. The highest BCUT2D eigenvalue weighted by molar-refractivity contribution is 6.20. The molecule has 1 heterocycles. The zero-order valence-corrected chi connectivity index (χ0v) is 21.9. The highest BCUT2D eigenvalue weighted by atomic mass is 14.9. The van der Waals surface area contributed by atoms with Crippen LogP contribution in [0.1, 0.15) is 0 Å². The van der Waals surface area contributed by atoms with E-state index < -0.39 is 0 Å². The molecular weight excluding hydrogens is 484 g/mol. The number of hydrogen-bond acceptors (Lipinski definition) is 1. The zero-order valence-electron chi connectivity index (χ0n) is 21.9. The maximum Gasteiger partial charge on any atom is 0.0551 e. The molecule has 0 aliphatic heterocycles. The van der Waals surface area contributed by atoms with Gasteiger partial charge in [0.2, 0.25) is 0 Å². The second kappa shape index (κ2) is 9.14. The predicted octanol–water partition coefficient (Wildman–Crippen LogP) is 10.7. The highest BCUT2D eigenvalue weighted by Crippen LogP contribution is 2.46. The SMILES string of the molecule is c1ccc(Nc2c(-c3c(-c4ccccc4)ccc4c3[nH]c3ccccc34)ccc3c2ccc2ccccc23)cc1. The van der Waals surface area contributed by atoms with Crippen molar-refractivity contribution < 1.29 is 0 Å². The van der Waals surface area contributed by atoms with Gasteiger partial charge in [-0.3, -0.25) is 0 Å². The minimum absolute atomic E-state index is 1.06. The fourth-order valence-corrected chi connectivity index (χ4v) is 6.15. The van der Waals surface area contributed by atoms with Gasteiger partial charge < -0.3 is 10.3 Å². The Kier molecular flexibility index (Phi) is 5.17. The zero-order chi connectivity index (χ0) is 26.5. The van der Waals surface area contributed by atoms with E-state index >= 15 is 0 Å². The van der Waals surface area contributed by atoms with E-state index in [1.54, 1.807) is 0 Å². The van der Waals surface area contributed by atoms with Gasteiger partial charge in [0.05, 0.1) is 11.2 Å². The number of anilines is 2. The number of rotatable bonds is 4. The second-order valence-electron chi connectivity index (χ2n) is 10.3. The topological polar surface area (TPSA) is 27.8 Å². The lowest BCUT2D eigenvalue weighted by Crippen LogP contribution is -1.97. The molecule has 0 aliphatic rings. The van der Waals surface area contributed by atoms with Crippen molar-refractivity contribution in [3.8, 4) is 22.3 Å². The fraction of sp³-hybridized carbons (Fsp3) is 0. The van der Waals surface area contributed by atoms with Gasteiger partial charge in [0.15, 0.2) is 0 Å². The lowest BCUT2D eigenvalue weighted by molar-refractivity contribution is 1.52. The van der Waals surface area contributed by atoms with Gasteiger partial charge in [-0.15, -0.1) is 0 Å². The summed E-state index contributed by atoms with van der Waals surface area (Å²) in [7, 11) is 0. The van der Waals surface area contributed by atoms with Crippen molar-refractivity contribution in [2.45, 2.75) is 0 Å². The average Bonchev–Trinajstić information content (AvgIpc) is 3.40. The van der Waals surface area contributed by atoms with Crippen LogP contribution in [-0.2, 0) is 0 Å². The summed E-state index contributed by atoms with van der Waals surface area (Å²) in [5, 5.41) is 11.3. The molecule has 7 aromatic carbocycles. The first-order valence-electron chi connectivity index (χ1n) is 13.7. The third-order valence-electron chi connectivity index (χ3n) is 8.01. The quantitative estimate of drug-likeness (QED) is 0.226. The number of H-pyrrole nitrogens is 1. The normalized spacial score (nSPS) is 11.5. The summed E-state index contributed by atoms with van der Waals surface area (Å²) in [5.41, 5.74) is 9.24. The summed E-state index contributed by atoms with van der Waals surface area (Å²) < 4.78 is 0. The molecule has 2 heteroatoms. The van der Waals surface area contributed by atoms with Crippen molar-refractivity contribution in [3.05, 3.63) is 146 Å². The van der Waals surface area contributed by atoms with E-state index in [-0.39, 0.29) is 0 Å². The number of benzene rings is 7. The molecule has 2 N–H and O–H groups in total. The van der Waals surface area contributed by atoms with Crippen LogP contribution in [0.3, 0.4) is 0 Å². The van der Waals surface area contributed by atoms with Gasteiger partial charge in [-0.25, -0.2) is 0 Å². The number of nitrogens with one attached hydrogen (secondary N) is 2. The summed E-state index contributed by atoms with van der Waals surface area (Å²) in [5.74, 6) is 0. The number of para-hydroxylation sites is 2. The van der Waals surface area contributed by atoms with Crippen LogP contribution >= 0.6 is 0 Å². The van der Waals surface area contributed by atoms with E-state index in [0.717, 1.165) is 22.4 Å². The summed E-state index contributed by atoms with van der Waals surface area (Å²) in [6.07, 6.45) is 0. The van der Waals surface area contributed by atoms with Crippen molar-refractivity contribution >= 4 is 54.7 Å². The molecule has 188 valence electrons. The first kappa shape index (κ1) is 22.6. The number of aromatic amines is 1. The van der Waals surface area contributed by atoms with Crippen LogP contribution in [0.5, 0.6) is 0 Å². The van der Waals surface area contributed by atoms with Crippen LogP contribution < -0.4 is 5.32 Å². The van der Waals surface area contributed by atoms with Gasteiger partial charge in [0.25, 0.3) is 0 Å². The Morgan fingerprint density at radius 1 is 0.425 bits per heavy atom. The Morgan fingerprint density at radius 2 is 1.07 bits per heavy atom. The minimum atomic E-state index is 1.06. The van der Waals surface area contributed by atoms with Crippen LogP contribution in [0, 0.1) is 0 Å². The van der Waals surface area contributed by atoms with Crippen molar-refractivity contribution in [3.63, 3.8) is 0 Å². The van der Waals surface area contributed by atoms with Crippen LogP contribution in [-0.4, -0.2) is 4.98 Å². The summed E-state index contributed by atoms with van der Waals surface area (Å²) >= 11 is 0. The molecule has 8 aromatic rings. The molecule has 0 radical (unpaired) electrons. The molecule has 0 atom stereocenters. The van der Waals surface area contributed by atoms with Crippen molar-refractivity contribution in [1.29, 1.82) is 0 Å². The molecular formula is C38H26N2. The van der Waals surface area contributed by atoms with E-state index in [1.807, 2.05) is 0 Å². The maximum absolute atomic E-state index is 3.84. The summed E-state index contributed by atoms with van der Waals surface area (Å²) in [6.45, 7) is 0. The smallest absolute Gasteiger partial charge is 0.0551 e. The van der Waals surface area contributed by atoms with E-state index in [0.29, 0.717) is 0 Å². The lowest BCUT2D eigenvalue weighted by atomic mass is 9.89. The van der Waals surface area contributed by atoms with Gasteiger partial charge in [-0.05, 0) is 45.5 Å². The molecule has 0 fully saturated rings. The Hall–Kier alpha value is -5.34. The Bertz CT molecular complexity index is 2170. The van der Waals surface area contributed by atoms with Crippen molar-refractivity contribution in [1.82, 2.24) is 4.98 Å². The third-order valence-corrected chi connectivity index (χ3v) is 8.01. The van der Waals surface area contributed by atoms with Gasteiger partial charge in [0, 0.05) is 38.5 Å². The van der Waals surface area contributed by atoms with Crippen molar-refractivity contribution in [2.24, 2.45) is 0 Å². The maximum atomic E-state index is 3.84. The molecule has 40 heavy (non-hydrogen) atoms. The van der Waals surface area contributed by atoms with E-state index in [9.17, 15) is 0 Å². The first-order chi connectivity index (χ1) is 19.8. The Morgan fingerprint density at radius 3 is 1.93 bits per heavy atom. The number of aromatic nitrogens is 1. The van der Waals surface area contributed by atoms with E-state index in [4.69, 9.17) is 0 Å². The monoisotopic (exact) mass is 510 g/mol. The fourth-order valence-electron chi connectivity index (χ4n) is 6.15. The van der Waals surface area contributed by atoms with Gasteiger partial charge in [0.1, 0.15) is 0 Å². The predicted molar refractivity (Wildman–Crippen MR) is 171 cm³/mol. The molecule has 0 saturated heterocycles. The molecule has 0 amide bonds. The van der Waals surface area contributed by atoms with Crippen LogP contribution in [0.4, 0.5) is 11.4 Å². The number of fused-ring (bicyclic) bond motifs is 6.